The SMILES string of the molecule is COc1cc(-c2nc(-c3ccccc3)c(-c3ccccc3)[nH]2)cc(Br)c1OCc1ccc(F)cc1. The van der Waals surface area contributed by atoms with E-state index in [0.29, 0.717) is 17.3 Å². The first-order valence-electron chi connectivity index (χ1n) is 11.1. The van der Waals surface area contributed by atoms with Crippen LogP contribution >= 0.6 is 15.9 Å². The number of aromatic nitrogens is 2. The Morgan fingerprint density at radius 1 is 0.829 bits per heavy atom. The molecule has 174 valence electrons. The highest BCUT2D eigenvalue weighted by Crippen LogP contribution is 2.41. The minimum Gasteiger partial charge on any atom is -0.493 e. The van der Waals surface area contributed by atoms with Crippen molar-refractivity contribution >= 4 is 15.9 Å². The lowest BCUT2D eigenvalue weighted by atomic mass is 10.1. The molecule has 0 aliphatic carbocycles. The Bertz CT molecular complexity index is 1380. The smallest absolute Gasteiger partial charge is 0.175 e. The zero-order valence-electron chi connectivity index (χ0n) is 19.0. The van der Waals surface area contributed by atoms with E-state index in [1.54, 1.807) is 19.2 Å². The number of benzene rings is 4. The van der Waals surface area contributed by atoms with Crippen molar-refractivity contribution in [3.05, 3.63) is 113 Å². The van der Waals surface area contributed by atoms with Crippen LogP contribution < -0.4 is 9.47 Å². The van der Waals surface area contributed by atoms with Crippen LogP contribution in [0.4, 0.5) is 4.39 Å². The van der Waals surface area contributed by atoms with Crippen molar-refractivity contribution < 1.29 is 13.9 Å². The van der Waals surface area contributed by atoms with E-state index >= 15 is 0 Å². The maximum Gasteiger partial charge on any atom is 0.175 e. The highest BCUT2D eigenvalue weighted by atomic mass is 79.9. The molecule has 0 bridgehead atoms. The van der Waals surface area contributed by atoms with Gasteiger partial charge in [0.2, 0.25) is 0 Å². The number of nitrogens with one attached hydrogen (secondary N) is 1. The molecule has 0 unspecified atom stereocenters. The van der Waals surface area contributed by atoms with Gasteiger partial charge < -0.3 is 14.5 Å². The quantitative estimate of drug-likeness (QED) is 0.233. The van der Waals surface area contributed by atoms with Crippen LogP contribution in [-0.4, -0.2) is 17.1 Å². The predicted molar refractivity (Wildman–Crippen MR) is 140 cm³/mol. The lowest BCUT2D eigenvalue weighted by Gasteiger charge is -2.14. The van der Waals surface area contributed by atoms with Gasteiger partial charge in [0.1, 0.15) is 18.2 Å². The van der Waals surface area contributed by atoms with Gasteiger partial charge in [-0.05, 0) is 45.8 Å². The van der Waals surface area contributed by atoms with Crippen LogP contribution in [0, 0.1) is 5.82 Å². The van der Waals surface area contributed by atoms with Gasteiger partial charge in [0.15, 0.2) is 11.5 Å². The predicted octanol–water partition coefficient (Wildman–Crippen LogP) is 7.90. The second kappa shape index (κ2) is 10.2. The molecule has 35 heavy (non-hydrogen) atoms. The summed E-state index contributed by atoms with van der Waals surface area (Å²) < 4.78 is 25.6. The third kappa shape index (κ3) is 4.98. The molecule has 0 spiro atoms. The number of aromatic amines is 1. The first kappa shape index (κ1) is 22.9. The summed E-state index contributed by atoms with van der Waals surface area (Å²) in [5.41, 5.74) is 5.60. The van der Waals surface area contributed by atoms with Crippen LogP contribution in [0.1, 0.15) is 5.56 Å². The second-order valence-electron chi connectivity index (χ2n) is 7.95. The Balaban J connectivity index is 1.52. The van der Waals surface area contributed by atoms with E-state index in [4.69, 9.17) is 14.5 Å². The second-order valence-corrected chi connectivity index (χ2v) is 8.80. The standard InChI is InChI=1S/C29H22BrFN2O2/c1-34-25-17-22(16-24(30)28(25)35-18-19-12-14-23(31)15-13-19)29-32-26(20-8-4-2-5-9-20)27(33-29)21-10-6-3-7-11-21/h2-17H,18H2,1H3,(H,32,33). The molecular weight excluding hydrogens is 507 g/mol. The van der Waals surface area contributed by atoms with Crippen molar-refractivity contribution in [1.29, 1.82) is 0 Å². The molecule has 1 heterocycles. The Hall–Kier alpha value is -3.90. The molecule has 6 heteroatoms. The van der Waals surface area contributed by atoms with Crippen molar-refractivity contribution in [2.24, 2.45) is 0 Å². The first-order valence-corrected chi connectivity index (χ1v) is 11.9. The van der Waals surface area contributed by atoms with E-state index in [0.717, 1.165) is 38.1 Å². The summed E-state index contributed by atoms with van der Waals surface area (Å²) in [4.78, 5) is 8.48. The third-order valence-electron chi connectivity index (χ3n) is 5.61. The molecule has 0 saturated carbocycles. The number of ether oxygens (including phenoxy) is 2. The maximum absolute atomic E-state index is 13.2. The third-order valence-corrected chi connectivity index (χ3v) is 6.20. The molecule has 0 aliphatic rings. The fourth-order valence-corrected chi connectivity index (χ4v) is 4.42. The van der Waals surface area contributed by atoms with Gasteiger partial charge in [-0.3, -0.25) is 0 Å². The van der Waals surface area contributed by atoms with Gasteiger partial charge in [-0.1, -0.05) is 72.8 Å². The highest BCUT2D eigenvalue weighted by molar-refractivity contribution is 9.10. The largest absolute Gasteiger partial charge is 0.493 e. The number of imidazole rings is 1. The summed E-state index contributed by atoms with van der Waals surface area (Å²) in [6.07, 6.45) is 0. The van der Waals surface area contributed by atoms with E-state index < -0.39 is 0 Å². The van der Waals surface area contributed by atoms with Gasteiger partial charge in [-0.2, -0.15) is 0 Å². The lowest BCUT2D eigenvalue weighted by Crippen LogP contribution is -1.99. The molecular formula is C29H22BrFN2O2. The Kier molecular flexibility index (Phi) is 6.64. The molecule has 5 aromatic rings. The average molecular weight is 529 g/mol. The minimum absolute atomic E-state index is 0.278. The topological polar surface area (TPSA) is 47.1 Å². The molecule has 5 rings (SSSR count). The van der Waals surface area contributed by atoms with Crippen molar-refractivity contribution in [3.8, 4) is 45.4 Å². The molecule has 0 radical (unpaired) electrons. The van der Waals surface area contributed by atoms with Crippen molar-refractivity contribution in [2.75, 3.05) is 7.11 Å². The summed E-state index contributed by atoms with van der Waals surface area (Å²) in [7, 11) is 1.60. The molecule has 4 nitrogen and oxygen atoms in total. The number of rotatable bonds is 7. The van der Waals surface area contributed by atoms with E-state index in [1.165, 1.54) is 12.1 Å². The number of nitrogens with zero attached hydrogens (tertiary/aromatic N) is 1. The fourth-order valence-electron chi connectivity index (χ4n) is 3.86. The lowest BCUT2D eigenvalue weighted by molar-refractivity contribution is 0.282. The van der Waals surface area contributed by atoms with E-state index in [2.05, 4.69) is 45.2 Å². The van der Waals surface area contributed by atoms with Gasteiger partial charge in [-0.15, -0.1) is 0 Å². The van der Waals surface area contributed by atoms with Crippen LogP contribution in [-0.2, 0) is 6.61 Å². The fraction of sp³-hybridized carbons (Fsp3) is 0.0690. The Labute approximate surface area is 211 Å². The van der Waals surface area contributed by atoms with Gasteiger partial charge in [0.05, 0.1) is 23.0 Å². The van der Waals surface area contributed by atoms with Crippen LogP contribution in [0.15, 0.2) is 102 Å². The summed E-state index contributed by atoms with van der Waals surface area (Å²) in [6, 6.07) is 30.3. The van der Waals surface area contributed by atoms with Gasteiger partial charge in [0.25, 0.3) is 0 Å². The summed E-state index contributed by atoms with van der Waals surface area (Å²) in [5, 5.41) is 0. The van der Waals surface area contributed by atoms with E-state index in [-0.39, 0.29) is 12.4 Å². The zero-order valence-corrected chi connectivity index (χ0v) is 20.6. The minimum atomic E-state index is -0.278. The van der Waals surface area contributed by atoms with Crippen molar-refractivity contribution in [1.82, 2.24) is 9.97 Å². The molecule has 1 aromatic heterocycles. The number of halogens is 2. The van der Waals surface area contributed by atoms with E-state index in [9.17, 15) is 4.39 Å². The van der Waals surface area contributed by atoms with Gasteiger partial charge in [0, 0.05) is 16.7 Å². The summed E-state index contributed by atoms with van der Waals surface area (Å²) in [5.74, 6) is 1.57. The number of methoxy groups -OCH3 is 1. The molecule has 0 aliphatic heterocycles. The highest BCUT2D eigenvalue weighted by Gasteiger charge is 2.18. The normalized spacial score (nSPS) is 10.8. The number of hydrogen-bond acceptors (Lipinski definition) is 3. The van der Waals surface area contributed by atoms with Crippen LogP contribution in [0.2, 0.25) is 0 Å². The summed E-state index contributed by atoms with van der Waals surface area (Å²) >= 11 is 3.63. The molecule has 4 aromatic carbocycles. The van der Waals surface area contributed by atoms with Crippen LogP contribution in [0.5, 0.6) is 11.5 Å². The van der Waals surface area contributed by atoms with Gasteiger partial charge in [-0.25, -0.2) is 9.37 Å². The maximum atomic E-state index is 13.2. The number of H-pyrrole nitrogens is 1. The molecule has 0 saturated heterocycles. The average Bonchev–Trinajstić information content (AvgIpc) is 3.35. The first-order chi connectivity index (χ1) is 17.1. The molecule has 0 fully saturated rings. The zero-order chi connectivity index (χ0) is 24.2. The van der Waals surface area contributed by atoms with Gasteiger partial charge >= 0.3 is 0 Å². The van der Waals surface area contributed by atoms with Crippen LogP contribution in [0.25, 0.3) is 33.9 Å². The molecule has 0 atom stereocenters. The van der Waals surface area contributed by atoms with E-state index in [1.807, 2.05) is 48.5 Å². The Morgan fingerprint density at radius 2 is 1.49 bits per heavy atom. The van der Waals surface area contributed by atoms with Crippen LogP contribution in [0.3, 0.4) is 0 Å². The molecule has 0 amide bonds. The Morgan fingerprint density at radius 3 is 2.14 bits per heavy atom. The van der Waals surface area contributed by atoms with Crippen molar-refractivity contribution in [3.63, 3.8) is 0 Å². The molecule has 1 N–H and O–H groups in total. The van der Waals surface area contributed by atoms with Crippen molar-refractivity contribution in [2.45, 2.75) is 6.61 Å². The number of hydrogen-bond donors (Lipinski definition) is 1. The summed E-state index contributed by atoms with van der Waals surface area (Å²) in [6.45, 7) is 0.283. The monoisotopic (exact) mass is 528 g/mol.